The summed E-state index contributed by atoms with van der Waals surface area (Å²) < 4.78 is 10.8. The Bertz CT molecular complexity index is 598. The van der Waals surface area contributed by atoms with Crippen LogP contribution in [-0.2, 0) is 0 Å². The van der Waals surface area contributed by atoms with E-state index in [1.54, 1.807) is 19.2 Å². The molecule has 0 aliphatic rings. The fourth-order valence-corrected chi connectivity index (χ4v) is 2.16. The Balaban J connectivity index is 2.17. The average Bonchev–Trinajstić information content (AvgIpc) is 2.48. The van der Waals surface area contributed by atoms with Crippen LogP contribution in [0.5, 0.6) is 17.2 Å². The molecule has 0 bridgehead atoms. The van der Waals surface area contributed by atoms with E-state index in [0.717, 1.165) is 11.3 Å². The molecule has 0 spiro atoms. The van der Waals surface area contributed by atoms with Gasteiger partial charge >= 0.3 is 0 Å². The first-order chi connectivity index (χ1) is 10.1. The molecule has 4 heteroatoms. The summed E-state index contributed by atoms with van der Waals surface area (Å²) in [4.78, 5) is 0. The Morgan fingerprint density at radius 1 is 1.14 bits per heavy atom. The minimum atomic E-state index is 0.0694. The molecule has 0 radical (unpaired) electrons. The lowest BCUT2D eigenvalue weighted by Gasteiger charge is -2.17. The minimum absolute atomic E-state index is 0.0694. The van der Waals surface area contributed by atoms with Crippen LogP contribution in [0.2, 0.25) is 0 Å². The molecule has 0 saturated carbocycles. The molecule has 2 N–H and O–H groups in total. The van der Waals surface area contributed by atoms with Gasteiger partial charge in [0.2, 0.25) is 0 Å². The van der Waals surface area contributed by atoms with E-state index < -0.39 is 0 Å². The number of phenols is 1. The first kappa shape index (κ1) is 15.0. The normalized spacial score (nSPS) is 11.8. The van der Waals surface area contributed by atoms with Crippen LogP contribution in [0.4, 0.5) is 5.69 Å². The largest absolute Gasteiger partial charge is 0.508 e. The number of phenolic OH excluding ortho intramolecular Hbond substituents is 1. The fourth-order valence-electron chi connectivity index (χ4n) is 2.16. The second-order valence-electron chi connectivity index (χ2n) is 4.76. The van der Waals surface area contributed by atoms with Crippen LogP contribution in [0, 0.1) is 0 Å². The van der Waals surface area contributed by atoms with Gasteiger partial charge in [-0.05, 0) is 43.7 Å². The maximum Gasteiger partial charge on any atom is 0.163 e. The third kappa shape index (κ3) is 3.81. The van der Waals surface area contributed by atoms with Gasteiger partial charge in [0.05, 0.1) is 13.7 Å². The second kappa shape index (κ2) is 6.88. The van der Waals surface area contributed by atoms with Crippen LogP contribution in [0.1, 0.15) is 25.5 Å². The van der Waals surface area contributed by atoms with Gasteiger partial charge in [0.25, 0.3) is 0 Å². The fraction of sp³-hybridized carbons (Fsp3) is 0.294. The first-order valence-corrected chi connectivity index (χ1v) is 7.00. The van der Waals surface area contributed by atoms with Gasteiger partial charge in [-0.3, -0.25) is 0 Å². The number of methoxy groups -OCH3 is 1. The Morgan fingerprint density at radius 3 is 2.62 bits per heavy atom. The van der Waals surface area contributed by atoms with Crippen LogP contribution in [0.3, 0.4) is 0 Å². The van der Waals surface area contributed by atoms with E-state index in [9.17, 15) is 5.11 Å². The molecule has 2 rings (SSSR count). The summed E-state index contributed by atoms with van der Waals surface area (Å²) in [5.41, 5.74) is 1.96. The van der Waals surface area contributed by atoms with Crippen molar-refractivity contribution in [2.45, 2.75) is 19.9 Å². The molecule has 4 nitrogen and oxygen atoms in total. The van der Waals surface area contributed by atoms with Gasteiger partial charge in [0.1, 0.15) is 5.75 Å². The lowest BCUT2D eigenvalue weighted by atomic mass is 10.1. The van der Waals surface area contributed by atoms with Crippen molar-refractivity contribution in [3.63, 3.8) is 0 Å². The summed E-state index contributed by atoms with van der Waals surface area (Å²) >= 11 is 0. The van der Waals surface area contributed by atoms with Crippen LogP contribution in [0.15, 0.2) is 42.5 Å². The molecular formula is C17H21NO3. The maximum absolute atomic E-state index is 9.55. The highest BCUT2D eigenvalue weighted by Gasteiger charge is 2.09. The van der Waals surface area contributed by atoms with Gasteiger partial charge in [-0.15, -0.1) is 0 Å². The number of rotatable bonds is 6. The van der Waals surface area contributed by atoms with E-state index in [1.165, 1.54) is 0 Å². The molecule has 112 valence electrons. The van der Waals surface area contributed by atoms with Crippen molar-refractivity contribution < 1.29 is 14.6 Å². The van der Waals surface area contributed by atoms with E-state index in [4.69, 9.17) is 9.47 Å². The molecule has 0 saturated heterocycles. The lowest BCUT2D eigenvalue weighted by Crippen LogP contribution is -2.07. The number of anilines is 1. The first-order valence-electron chi connectivity index (χ1n) is 7.00. The molecule has 21 heavy (non-hydrogen) atoms. The van der Waals surface area contributed by atoms with Gasteiger partial charge < -0.3 is 19.9 Å². The second-order valence-corrected chi connectivity index (χ2v) is 4.76. The number of hydrogen-bond acceptors (Lipinski definition) is 4. The van der Waals surface area contributed by atoms with E-state index in [1.807, 2.05) is 44.2 Å². The smallest absolute Gasteiger partial charge is 0.163 e. The number of benzene rings is 2. The van der Waals surface area contributed by atoms with Crippen LogP contribution < -0.4 is 14.8 Å². The van der Waals surface area contributed by atoms with Crippen LogP contribution >= 0.6 is 0 Å². The molecule has 0 fully saturated rings. The predicted molar refractivity (Wildman–Crippen MR) is 84.3 cm³/mol. The molecule has 0 amide bonds. The van der Waals surface area contributed by atoms with Crippen LogP contribution in [-0.4, -0.2) is 18.8 Å². The standard InChI is InChI=1S/C17H21NO3/c1-4-21-17-11-14(8-9-16(17)20-3)18-12(2)13-6-5-7-15(19)10-13/h5-12,18-19H,4H2,1-3H3. The third-order valence-corrected chi connectivity index (χ3v) is 3.22. The summed E-state index contributed by atoms with van der Waals surface area (Å²) in [6.45, 7) is 4.57. The van der Waals surface area contributed by atoms with Crippen molar-refractivity contribution in [3.8, 4) is 17.2 Å². The molecule has 0 aliphatic carbocycles. The molecule has 1 atom stereocenters. The summed E-state index contributed by atoms with van der Waals surface area (Å²) in [7, 11) is 1.63. The van der Waals surface area contributed by atoms with Crippen molar-refractivity contribution in [3.05, 3.63) is 48.0 Å². The average molecular weight is 287 g/mol. The van der Waals surface area contributed by atoms with Crippen LogP contribution in [0.25, 0.3) is 0 Å². The number of aromatic hydroxyl groups is 1. The minimum Gasteiger partial charge on any atom is -0.508 e. The molecule has 0 aliphatic heterocycles. The monoisotopic (exact) mass is 287 g/mol. The summed E-state index contributed by atoms with van der Waals surface area (Å²) in [6.07, 6.45) is 0. The van der Waals surface area contributed by atoms with Crippen molar-refractivity contribution in [1.82, 2.24) is 0 Å². The Labute approximate surface area is 125 Å². The highest BCUT2D eigenvalue weighted by Crippen LogP contribution is 2.32. The van der Waals surface area contributed by atoms with Gasteiger partial charge in [0, 0.05) is 17.8 Å². The third-order valence-electron chi connectivity index (χ3n) is 3.22. The summed E-state index contributed by atoms with van der Waals surface area (Å²) in [6, 6.07) is 13.0. The number of nitrogens with one attached hydrogen (secondary N) is 1. The summed E-state index contributed by atoms with van der Waals surface area (Å²) in [5, 5.41) is 12.9. The highest BCUT2D eigenvalue weighted by molar-refractivity contribution is 5.55. The SMILES string of the molecule is CCOc1cc(NC(C)c2cccc(O)c2)ccc1OC. The Morgan fingerprint density at radius 2 is 1.95 bits per heavy atom. The molecule has 2 aromatic rings. The Kier molecular flexibility index (Phi) is 4.93. The zero-order valence-electron chi connectivity index (χ0n) is 12.6. The van der Waals surface area contributed by atoms with Gasteiger partial charge in [0.15, 0.2) is 11.5 Å². The molecule has 0 heterocycles. The van der Waals surface area contributed by atoms with E-state index in [0.29, 0.717) is 18.1 Å². The van der Waals surface area contributed by atoms with E-state index >= 15 is 0 Å². The van der Waals surface area contributed by atoms with Gasteiger partial charge in [-0.1, -0.05) is 12.1 Å². The summed E-state index contributed by atoms with van der Waals surface area (Å²) in [5.74, 6) is 1.70. The zero-order valence-corrected chi connectivity index (χ0v) is 12.6. The van der Waals surface area contributed by atoms with Gasteiger partial charge in [-0.25, -0.2) is 0 Å². The van der Waals surface area contributed by atoms with E-state index in [2.05, 4.69) is 5.32 Å². The molecule has 2 aromatic carbocycles. The molecule has 0 aromatic heterocycles. The topological polar surface area (TPSA) is 50.7 Å². The quantitative estimate of drug-likeness (QED) is 0.844. The van der Waals surface area contributed by atoms with E-state index in [-0.39, 0.29) is 11.8 Å². The maximum atomic E-state index is 9.55. The number of ether oxygens (including phenoxy) is 2. The zero-order chi connectivity index (χ0) is 15.2. The lowest BCUT2D eigenvalue weighted by molar-refractivity contribution is 0.311. The predicted octanol–water partition coefficient (Wildman–Crippen LogP) is 3.97. The molecular weight excluding hydrogens is 266 g/mol. The van der Waals surface area contributed by atoms with Gasteiger partial charge in [-0.2, -0.15) is 0 Å². The number of hydrogen-bond donors (Lipinski definition) is 2. The van der Waals surface area contributed by atoms with Crippen molar-refractivity contribution in [2.75, 3.05) is 19.0 Å². The van der Waals surface area contributed by atoms with Crippen molar-refractivity contribution in [1.29, 1.82) is 0 Å². The highest BCUT2D eigenvalue weighted by atomic mass is 16.5. The van der Waals surface area contributed by atoms with Crippen molar-refractivity contribution >= 4 is 5.69 Å². The Hall–Kier alpha value is -2.36. The molecule has 1 unspecified atom stereocenters. The van der Waals surface area contributed by atoms with Crippen molar-refractivity contribution in [2.24, 2.45) is 0 Å².